The van der Waals surface area contributed by atoms with E-state index in [-0.39, 0.29) is 36.7 Å². The second kappa shape index (κ2) is 13.8. The lowest BCUT2D eigenvalue weighted by Gasteiger charge is -2.14. The molecule has 0 spiro atoms. The van der Waals surface area contributed by atoms with Gasteiger partial charge in [0.05, 0.1) is 23.8 Å². The number of nitrogens with zero attached hydrogens (tertiary/aromatic N) is 2. The van der Waals surface area contributed by atoms with Gasteiger partial charge in [0, 0.05) is 31.3 Å². The highest BCUT2D eigenvalue weighted by atomic mass is 32.2. The first-order valence-electron chi connectivity index (χ1n) is 14.5. The number of nitrogens with one attached hydrogen (secondary N) is 2. The normalized spacial score (nSPS) is 12.7. The van der Waals surface area contributed by atoms with Crippen molar-refractivity contribution in [2.24, 2.45) is 0 Å². The minimum atomic E-state index is -0.233. The van der Waals surface area contributed by atoms with E-state index < -0.39 is 0 Å². The Morgan fingerprint density at radius 2 is 1.62 bits per heavy atom. The molecule has 0 saturated carbocycles. The lowest BCUT2D eigenvalue weighted by Crippen LogP contribution is -2.25. The predicted molar refractivity (Wildman–Crippen MR) is 167 cm³/mol. The highest BCUT2D eigenvalue weighted by Gasteiger charge is 2.20. The number of amides is 2. The van der Waals surface area contributed by atoms with E-state index in [0.717, 1.165) is 12.0 Å². The number of thioether (sulfide) groups is 1. The molecule has 0 aliphatic carbocycles. The molecule has 4 aromatic rings. The van der Waals surface area contributed by atoms with E-state index in [4.69, 9.17) is 28.7 Å². The first-order chi connectivity index (χ1) is 22.0. The van der Waals surface area contributed by atoms with Crippen molar-refractivity contribution >= 4 is 40.2 Å². The van der Waals surface area contributed by atoms with E-state index in [0.29, 0.717) is 82.8 Å². The van der Waals surface area contributed by atoms with Crippen LogP contribution in [0.2, 0.25) is 0 Å². The van der Waals surface area contributed by atoms with Gasteiger partial charge in [-0.2, -0.15) is 0 Å². The monoisotopic (exact) mass is 632 g/mol. The summed E-state index contributed by atoms with van der Waals surface area (Å²) in [4.78, 5) is 43.5. The van der Waals surface area contributed by atoms with Crippen LogP contribution in [0.5, 0.6) is 28.7 Å². The number of hydrogen-bond donors (Lipinski definition) is 2. The summed E-state index contributed by atoms with van der Waals surface area (Å²) in [7, 11) is 1.58. The number of unbranched alkanes of at least 4 members (excludes halogenated alkanes) is 2. The fourth-order valence-electron chi connectivity index (χ4n) is 4.97. The highest BCUT2D eigenvalue weighted by Crippen LogP contribution is 2.35. The van der Waals surface area contributed by atoms with Crippen molar-refractivity contribution in [3.63, 3.8) is 0 Å². The fraction of sp³-hybridized carbons (Fsp3) is 0.312. The Balaban J connectivity index is 1.06. The maximum atomic E-state index is 13.6. The molecule has 0 unspecified atom stereocenters. The van der Waals surface area contributed by atoms with Crippen molar-refractivity contribution in [3.05, 3.63) is 70.5 Å². The Bertz CT molecular complexity index is 1780. The van der Waals surface area contributed by atoms with Crippen molar-refractivity contribution in [1.82, 2.24) is 14.9 Å². The van der Waals surface area contributed by atoms with Crippen LogP contribution in [0.1, 0.15) is 31.2 Å². The van der Waals surface area contributed by atoms with Gasteiger partial charge in [0.25, 0.3) is 5.56 Å². The Labute approximate surface area is 263 Å². The third-order valence-electron chi connectivity index (χ3n) is 7.33. The molecule has 0 atom stereocenters. The number of carbonyl (C=O) groups excluding carboxylic acids is 2. The van der Waals surface area contributed by atoms with Crippen LogP contribution in [0.3, 0.4) is 0 Å². The Morgan fingerprint density at radius 3 is 2.40 bits per heavy atom. The van der Waals surface area contributed by atoms with Crippen molar-refractivity contribution in [1.29, 1.82) is 0 Å². The van der Waals surface area contributed by atoms with Crippen LogP contribution in [0.15, 0.2) is 64.5 Å². The van der Waals surface area contributed by atoms with Crippen LogP contribution in [0.4, 0.5) is 5.69 Å². The summed E-state index contributed by atoms with van der Waals surface area (Å²) in [6, 6.07) is 16.0. The lowest BCUT2D eigenvalue weighted by atomic mass is 10.1. The number of fused-ring (bicyclic) bond motifs is 3. The lowest BCUT2D eigenvalue weighted by molar-refractivity contribution is -0.121. The van der Waals surface area contributed by atoms with E-state index >= 15 is 0 Å². The van der Waals surface area contributed by atoms with Gasteiger partial charge in [-0.1, -0.05) is 24.2 Å². The Hall–Kier alpha value is -4.91. The minimum absolute atomic E-state index is 0.0487. The summed E-state index contributed by atoms with van der Waals surface area (Å²) >= 11 is 1.19. The second-order valence-corrected chi connectivity index (χ2v) is 11.4. The van der Waals surface area contributed by atoms with E-state index in [1.54, 1.807) is 48.1 Å². The molecule has 13 heteroatoms. The average molecular weight is 633 g/mol. The SMILES string of the molecule is COc1ccc(NC(=O)CSc2nc3cc4c(cc3c(=O)n2CCCCCC(=O)NCc2ccc3c(c2)OCO3)OCO4)cc1. The molecule has 12 nitrogen and oxygen atoms in total. The number of ether oxygens (including phenoxy) is 5. The van der Waals surface area contributed by atoms with Gasteiger partial charge in [-0.3, -0.25) is 19.0 Å². The van der Waals surface area contributed by atoms with Gasteiger partial charge in [0.15, 0.2) is 28.2 Å². The molecule has 0 saturated heterocycles. The van der Waals surface area contributed by atoms with Gasteiger partial charge in [-0.15, -0.1) is 0 Å². The van der Waals surface area contributed by atoms with Crippen molar-refractivity contribution in [3.8, 4) is 28.7 Å². The van der Waals surface area contributed by atoms with Gasteiger partial charge in [0.1, 0.15) is 5.75 Å². The van der Waals surface area contributed by atoms with Crippen LogP contribution in [-0.4, -0.2) is 47.8 Å². The van der Waals surface area contributed by atoms with E-state index in [2.05, 4.69) is 10.6 Å². The molecule has 0 fully saturated rings. The maximum absolute atomic E-state index is 13.6. The highest BCUT2D eigenvalue weighted by molar-refractivity contribution is 7.99. The smallest absolute Gasteiger partial charge is 0.262 e. The molecule has 0 radical (unpaired) electrons. The summed E-state index contributed by atoms with van der Waals surface area (Å²) in [6.07, 6.45) is 2.41. The number of benzene rings is 3. The largest absolute Gasteiger partial charge is 0.497 e. The summed E-state index contributed by atoms with van der Waals surface area (Å²) in [5.74, 6) is 2.87. The summed E-state index contributed by atoms with van der Waals surface area (Å²) in [6.45, 7) is 1.07. The molecule has 2 aliphatic heterocycles. The Kier molecular flexibility index (Phi) is 9.24. The molecule has 0 bridgehead atoms. The number of rotatable bonds is 13. The molecule has 1 aromatic heterocycles. The molecular formula is C32H32N4O8S. The molecule has 45 heavy (non-hydrogen) atoms. The first kappa shape index (κ1) is 30.1. The van der Waals surface area contributed by atoms with Crippen molar-refractivity contribution in [2.75, 3.05) is 31.8 Å². The zero-order valence-electron chi connectivity index (χ0n) is 24.6. The number of anilines is 1. The van der Waals surface area contributed by atoms with Gasteiger partial charge >= 0.3 is 0 Å². The molecule has 3 heterocycles. The fourth-order valence-corrected chi connectivity index (χ4v) is 5.80. The van der Waals surface area contributed by atoms with Crippen LogP contribution in [0.25, 0.3) is 10.9 Å². The average Bonchev–Trinajstić information content (AvgIpc) is 3.72. The molecule has 2 aliphatic rings. The third kappa shape index (κ3) is 7.26. The second-order valence-electron chi connectivity index (χ2n) is 10.4. The van der Waals surface area contributed by atoms with Crippen LogP contribution < -0.4 is 39.9 Å². The standard InChI is InChI=1S/C32H32N4O8S/c1-40-22-9-7-21(8-10-22)34-30(38)17-45-32-35-24-15-28-27(43-19-44-28)14-23(24)31(39)36(32)12-4-2-3-5-29(37)33-16-20-6-11-25-26(13-20)42-18-41-25/h6-11,13-15H,2-5,12,16-19H2,1H3,(H,33,37)(H,34,38). The van der Waals surface area contributed by atoms with Gasteiger partial charge in [0.2, 0.25) is 25.4 Å². The number of aromatic nitrogens is 2. The topological polar surface area (TPSA) is 139 Å². The number of carbonyl (C=O) groups is 2. The van der Waals surface area contributed by atoms with Crippen LogP contribution in [0, 0.1) is 0 Å². The van der Waals surface area contributed by atoms with Crippen molar-refractivity contribution < 1.29 is 33.3 Å². The molecule has 234 valence electrons. The van der Waals surface area contributed by atoms with E-state index in [9.17, 15) is 14.4 Å². The third-order valence-corrected chi connectivity index (χ3v) is 8.31. The van der Waals surface area contributed by atoms with Crippen LogP contribution in [-0.2, 0) is 22.7 Å². The predicted octanol–water partition coefficient (Wildman–Crippen LogP) is 4.47. The molecule has 2 N–H and O–H groups in total. The molecule has 3 aromatic carbocycles. The van der Waals surface area contributed by atoms with Gasteiger partial charge in [-0.25, -0.2) is 4.98 Å². The molecular weight excluding hydrogens is 600 g/mol. The maximum Gasteiger partial charge on any atom is 0.262 e. The Morgan fingerprint density at radius 1 is 0.889 bits per heavy atom. The summed E-state index contributed by atoms with van der Waals surface area (Å²) in [5.41, 5.74) is 1.81. The quantitative estimate of drug-likeness (QED) is 0.123. The van der Waals surface area contributed by atoms with Gasteiger partial charge < -0.3 is 34.3 Å². The zero-order chi connectivity index (χ0) is 31.2. The molecule has 6 rings (SSSR count). The first-order valence-corrected chi connectivity index (χ1v) is 15.5. The summed E-state index contributed by atoms with van der Waals surface area (Å²) < 4.78 is 28.4. The van der Waals surface area contributed by atoms with E-state index in [1.165, 1.54) is 11.8 Å². The van der Waals surface area contributed by atoms with E-state index in [1.807, 2.05) is 18.2 Å². The van der Waals surface area contributed by atoms with Crippen molar-refractivity contribution in [2.45, 2.75) is 43.9 Å². The number of hydrogen-bond acceptors (Lipinski definition) is 10. The summed E-state index contributed by atoms with van der Waals surface area (Å²) in [5, 5.41) is 6.63. The zero-order valence-corrected chi connectivity index (χ0v) is 25.4. The number of methoxy groups -OCH3 is 1. The molecule has 2 amide bonds. The van der Waals surface area contributed by atoms with Gasteiger partial charge in [-0.05, 0) is 60.9 Å². The van der Waals surface area contributed by atoms with Crippen LogP contribution >= 0.6 is 11.8 Å². The minimum Gasteiger partial charge on any atom is -0.497 e.